The normalized spacial score (nSPS) is 11.0. The summed E-state index contributed by atoms with van der Waals surface area (Å²) in [5, 5.41) is 6.51. The zero-order valence-corrected chi connectivity index (χ0v) is 16.6. The highest BCUT2D eigenvalue weighted by Gasteiger charge is 2.07. The van der Waals surface area contributed by atoms with Crippen molar-refractivity contribution < 1.29 is 4.42 Å². The molecule has 132 valence electrons. The van der Waals surface area contributed by atoms with Crippen molar-refractivity contribution in [1.29, 1.82) is 0 Å². The van der Waals surface area contributed by atoms with E-state index >= 15 is 0 Å². The van der Waals surface area contributed by atoms with Crippen LogP contribution in [0.25, 0.3) is 11.5 Å². The average Bonchev–Trinajstić information content (AvgIpc) is 3.25. The summed E-state index contributed by atoms with van der Waals surface area (Å²) in [6.07, 6.45) is 5.76. The Hall–Kier alpha value is -2.29. The first-order valence-corrected chi connectivity index (χ1v) is 7.80. The van der Waals surface area contributed by atoms with Gasteiger partial charge in [-0.05, 0) is 23.8 Å². The van der Waals surface area contributed by atoms with Gasteiger partial charge in [0.25, 0.3) is 0 Å². The highest BCUT2D eigenvalue weighted by Crippen LogP contribution is 2.17. The second kappa shape index (κ2) is 9.26. The van der Waals surface area contributed by atoms with Crippen LogP contribution < -0.4 is 10.6 Å². The Morgan fingerprint density at radius 2 is 1.92 bits per heavy atom. The first-order valence-electron chi connectivity index (χ1n) is 7.80. The standard InChI is InChI=1S/C18H21N5O.HI/c1-19-18(20-10-14-8-9-23(2)12-14)21-11-16-13-24-17(22-16)15-6-4-3-5-7-15;/h3-9,12-13H,10-11H2,1-2H3,(H2,19,20,21);1H. The van der Waals surface area contributed by atoms with Gasteiger partial charge in [0.05, 0.1) is 12.2 Å². The summed E-state index contributed by atoms with van der Waals surface area (Å²) in [4.78, 5) is 8.71. The van der Waals surface area contributed by atoms with E-state index in [4.69, 9.17) is 4.42 Å². The predicted octanol–water partition coefficient (Wildman–Crippen LogP) is 3.16. The lowest BCUT2D eigenvalue weighted by Crippen LogP contribution is -2.36. The number of halogens is 1. The molecule has 0 saturated carbocycles. The average molecular weight is 451 g/mol. The van der Waals surface area contributed by atoms with Gasteiger partial charge in [0.15, 0.2) is 5.96 Å². The van der Waals surface area contributed by atoms with Gasteiger partial charge in [0.2, 0.25) is 5.89 Å². The van der Waals surface area contributed by atoms with Crippen LogP contribution in [0.3, 0.4) is 0 Å². The monoisotopic (exact) mass is 451 g/mol. The van der Waals surface area contributed by atoms with Gasteiger partial charge in [0, 0.05) is 38.6 Å². The van der Waals surface area contributed by atoms with Crippen LogP contribution in [0, 0.1) is 0 Å². The SMILES string of the molecule is CN=C(NCc1ccn(C)c1)NCc1coc(-c2ccccc2)n1.I. The van der Waals surface area contributed by atoms with Gasteiger partial charge < -0.3 is 19.6 Å². The fourth-order valence-electron chi connectivity index (χ4n) is 2.35. The second-order valence-corrected chi connectivity index (χ2v) is 5.47. The van der Waals surface area contributed by atoms with E-state index in [-0.39, 0.29) is 24.0 Å². The molecule has 1 aromatic carbocycles. The number of nitrogens with one attached hydrogen (secondary N) is 2. The number of nitrogens with zero attached hydrogens (tertiary/aromatic N) is 3. The quantitative estimate of drug-likeness (QED) is 0.356. The van der Waals surface area contributed by atoms with Crippen molar-refractivity contribution in [1.82, 2.24) is 20.2 Å². The first kappa shape index (κ1) is 19.0. The number of aliphatic imine (C=N–C) groups is 1. The number of hydrogen-bond donors (Lipinski definition) is 2. The molecule has 0 atom stereocenters. The molecular weight excluding hydrogens is 429 g/mol. The van der Waals surface area contributed by atoms with Gasteiger partial charge in [-0.15, -0.1) is 24.0 Å². The molecule has 6 nitrogen and oxygen atoms in total. The third kappa shape index (κ3) is 5.35. The minimum absolute atomic E-state index is 0. The summed E-state index contributed by atoms with van der Waals surface area (Å²) < 4.78 is 7.56. The molecule has 0 aliphatic heterocycles. The minimum atomic E-state index is 0. The lowest BCUT2D eigenvalue weighted by Gasteiger charge is -2.09. The lowest BCUT2D eigenvalue weighted by atomic mass is 10.2. The molecule has 7 heteroatoms. The van der Waals surface area contributed by atoms with Crippen LogP contribution >= 0.6 is 24.0 Å². The number of aromatic nitrogens is 2. The minimum Gasteiger partial charge on any atom is -0.444 e. The van der Waals surface area contributed by atoms with Crippen molar-refractivity contribution in [3.63, 3.8) is 0 Å². The maximum absolute atomic E-state index is 5.53. The van der Waals surface area contributed by atoms with Gasteiger partial charge in [-0.25, -0.2) is 4.98 Å². The number of oxazole rings is 1. The van der Waals surface area contributed by atoms with Crippen LogP contribution in [-0.2, 0) is 20.1 Å². The van der Waals surface area contributed by atoms with E-state index in [1.165, 1.54) is 5.56 Å². The van der Waals surface area contributed by atoms with Gasteiger partial charge >= 0.3 is 0 Å². The van der Waals surface area contributed by atoms with Gasteiger partial charge in [0.1, 0.15) is 6.26 Å². The van der Waals surface area contributed by atoms with Crippen LogP contribution in [0.2, 0.25) is 0 Å². The van der Waals surface area contributed by atoms with E-state index in [0.717, 1.165) is 17.2 Å². The third-order valence-corrected chi connectivity index (χ3v) is 3.59. The molecule has 0 aliphatic carbocycles. The molecule has 0 aliphatic rings. The third-order valence-electron chi connectivity index (χ3n) is 3.59. The molecule has 2 heterocycles. The number of aryl methyl sites for hydroxylation is 1. The Labute approximate surface area is 164 Å². The molecule has 3 rings (SSSR count). The molecule has 25 heavy (non-hydrogen) atoms. The summed E-state index contributed by atoms with van der Waals surface area (Å²) >= 11 is 0. The molecule has 0 bridgehead atoms. The fraction of sp³-hybridized carbons (Fsp3) is 0.222. The Morgan fingerprint density at radius 1 is 1.16 bits per heavy atom. The highest BCUT2D eigenvalue weighted by atomic mass is 127. The zero-order valence-electron chi connectivity index (χ0n) is 14.3. The van der Waals surface area contributed by atoms with Crippen molar-refractivity contribution >= 4 is 29.9 Å². The Morgan fingerprint density at radius 3 is 2.60 bits per heavy atom. The van der Waals surface area contributed by atoms with Crippen LogP contribution in [0.1, 0.15) is 11.3 Å². The van der Waals surface area contributed by atoms with Crippen molar-refractivity contribution in [3.8, 4) is 11.5 Å². The molecule has 2 N–H and O–H groups in total. The summed E-state index contributed by atoms with van der Waals surface area (Å²) in [7, 11) is 3.75. The number of hydrogen-bond acceptors (Lipinski definition) is 3. The molecule has 0 saturated heterocycles. The van der Waals surface area contributed by atoms with Crippen molar-refractivity contribution in [3.05, 3.63) is 66.3 Å². The maximum Gasteiger partial charge on any atom is 0.226 e. The van der Waals surface area contributed by atoms with E-state index in [2.05, 4.69) is 32.9 Å². The van der Waals surface area contributed by atoms with E-state index in [1.807, 2.05) is 48.1 Å². The van der Waals surface area contributed by atoms with Gasteiger partial charge in [-0.3, -0.25) is 4.99 Å². The largest absolute Gasteiger partial charge is 0.444 e. The molecule has 0 radical (unpaired) electrons. The molecule has 2 aromatic heterocycles. The lowest BCUT2D eigenvalue weighted by molar-refractivity contribution is 0.572. The summed E-state index contributed by atoms with van der Waals surface area (Å²) in [6, 6.07) is 11.9. The number of rotatable bonds is 5. The molecule has 0 unspecified atom stereocenters. The zero-order chi connectivity index (χ0) is 16.8. The van der Waals surface area contributed by atoms with Gasteiger partial charge in [-0.1, -0.05) is 18.2 Å². The van der Waals surface area contributed by atoms with E-state index < -0.39 is 0 Å². The Balaban J connectivity index is 0.00000225. The summed E-state index contributed by atoms with van der Waals surface area (Å²) in [5.74, 6) is 1.35. The van der Waals surface area contributed by atoms with Crippen molar-refractivity contribution in [2.24, 2.45) is 12.0 Å². The molecule has 3 aromatic rings. The predicted molar refractivity (Wildman–Crippen MR) is 110 cm³/mol. The van der Waals surface area contributed by atoms with E-state index in [1.54, 1.807) is 13.3 Å². The van der Waals surface area contributed by atoms with E-state index in [0.29, 0.717) is 19.0 Å². The number of guanidine groups is 1. The second-order valence-electron chi connectivity index (χ2n) is 5.47. The summed E-state index contributed by atoms with van der Waals surface area (Å²) in [6.45, 7) is 1.26. The van der Waals surface area contributed by atoms with Crippen molar-refractivity contribution in [2.75, 3.05) is 7.05 Å². The first-order chi connectivity index (χ1) is 11.7. The Bertz CT molecular complexity index is 810. The molecular formula is C18H22IN5O. The number of benzene rings is 1. The highest BCUT2D eigenvalue weighted by molar-refractivity contribution is 14.0. The molecule has 0 fully saturated rings. The van der Waals surface area contributed by atoms with Gasteiger partial charge in [-0.2, -0.15) is 0 Å². The molecule has 0 amide bonds. The van der Waals surface area contributed by atoms with Crippen LogP contribution in [0.15, 0.2) is 64.5 Å². The van der Waals surface area contributed by atoms with Crippen LogP contribution in [0.4, 0.5) is 0 Å². The maximum atomic E-state index is 5.53. The summed E-state index contributed by atoms with van der Waals surface area (Å²) in [5.41, 5.74) is 3.00. The van der Waals surface area contributed by atoms with Crippen LogP contribution in [0.5, 0.6) is 0 Å². The van der Waals surface area contributed by atoms with E-state index in [9.17, 15) is 0 Å². The van der Waals surface area contributed by atoms with Crippen molar-refractivity contribution in [2.45, 2.75) is 13.1 Å². The fourth-order valence-corrected chi connectivity index (χ4v) is 2.35. The smallest absolute Gasteiger partial charge is 0.226 e. The topological polar surface area (TPSA) is 67.4 Å². The molecule has 0 spiro atoms. The Kier molecular flexibility index (Phi) is 7.05. The van der Waals surface area contributed by atoms with Crippen LogP contribution in [-0.4, -0.2) is 22.6 Å².